The van der Waals surface area contributed by atoms with E-state index in [1.807, 2.05) is 24.4 Å². The van der Waals surface area contributed by atoms with Gasteiger partial charge in [-0.05, 0) is 18.2 Å². The third kappa shape index (κ3) is 1.95. The Kier molecular flexibility index (Phi) is 2.97. The molecule has 1 aromatic heterocycles. The molecule has 0 aliphatic carbocycles. The number of benzene rings is 1. The smallest absolute Gasteiger partial charge is 0.0992 e. The molecule has 16 heavy (non-hydrogen) atoms. The van der Waals surface area contributed by atoms with Gasteiger partial charge in [-0.3, -0.25) is 0 Å². The van der Waals surface area contributed by atoms with Crippen molar-refractivity contribution in [1.82, 2.24) is 4.98 Å². The number of halogens is 1. The molecule has 0 spiro atoms. The van der Waals surface area contributed by atoms with Gasteiger partial charge in [-0.15, -0.1) is 0 Å². The van der Waals surface area contributed by atoms with E-state index in [2.05, 4.69) is 38.9 Å². The molecule has 2 N–H and O–H groups in total. The SMILES string of the molecule is C=C(CBr)Nc1cc(C#N)cc2cc[nH]c12. The minimum absolute atomic E-state index is 0.636. The third-order valence-corrected chi connectivity index (χ3v) is 2.94. The van der Waals surface area contributed by atoms with Crippen LogP contribution in [-0.2, 0) is 0 Å². The molecule has 0 bridgehead atoms. The first kappa shape index (κ1) is 10.8. The highest BCUT2D eigenvalue weighted by molar-refractivity contribution is 9.09. The highest BCUT2D eigenvalue weighted by Gasteiger charge is 2.05. The molecule has 0 aliphatic rings. The number of nitriles is 1. The molecular weight excluding hydrogens is 266 g/mol. The van der Waals surface area contributed by atoms with Crippen molar-refractivity contribution >= 4 is 32.5 Å². The molecule has 3 nitrogen and oxygen atoms in total. The highest BCUT2D eigenvalue weighted by Crippen LogP contribution is 2.25. The number of anilines is 1. The minimum Gasteiger partial charge on any atom is -0.359 e. The van der Waals surface area contributed by atoms with Gasteiger partial charge in [0, 0.05) is 22.6 Å². The first-order chi connectivity index (χ1) is 7.74. The predicted octanol–water partition coefficient (Wildman–Crippen LogP) is 3.36. The molecule has 0 saturated carbocycles. The number of nitrogens with one attached hydrogen (secondary N) is 2. The van der Waals surface area contributed by atoms with Crippen LogP contribution in [0.2, 0.25) is 0 Å². The van der Waals surface area contributed by atoms with E-state index in [9.17, 15) is 0 Å². The largest absolute Gasteiger partial charge is 0.359 e. The summed E-state index contributed by atoms with van der Waals surface area (Å²) < 4.78 is 0. The van der Waals surface area contributed by atoms with Crippen LogP contribution in [0.4, 0.5) is 5.69 Å². The highest BCUT2D eigenvalue weighted by atomic mass is 79.9. The van der Waals surface area contributed by atoms with Crippen LogP contribution in [0.5, 0.6) is 0 Å². The van der Waals surface area contributed by atoms with Gasteiger partial charge < -0.3 is 10.3 Å². The molecule has 0 saturated heterocycles. The summed E-state index contributed by atoms with van der Waals surface area (Å²) in [6, 6.07) is 7.76. The number of nitrogens with zero attached hydrogens (tertiary/aromatic N) is 1. The average molecular weight is 276 g/mol. The topological polar surface area (TPSA) is 51.6 Å². The van der Waals surface area contributed by atoms with Gasteiger partial charge in [-0.1, -0.05) is 22.5 Å². The van der Waals surface area contributed by atoms with Gasteiger partial charge in [0.1, 0.15) is 0 Å². The second-order valence-electron chi connectivity index (χ2n) is 3.44. The van der Waals surface area contributed by atoms with Gasteiger partial charge in [0.25, 0.3) is 0 Å². The fourth-order valence-electron chi connectivity index (χ4n) is 1.56. The Morgan fingerprint density at radius 3 is 3.06 bits per heavy atom. The van der Waals surface area contributed by atoms with Crippen LogP contribution in [0.25, 0.3) is 10.9 Å². The summed E-state index contributed by atoms with van der Waals surface area (Å²) in [5.41, 5.74) is 3.35. The zero-order valence-corrected chi connectivity index (χ0v) is 10.1. The molecule has 0 atom stereocenters. The minimum atomic E-state index is 0.636. The van der Waals surface area contributed by atoms with Crippen LogP contribution in [0.15, 0.2) is 36.7 Å². The summed E-state index contributed by atoms with van der Waals surface area (Å²) in [7, 11) is 0. The van der Waals surface area contributed by atoms with E-state index in [0.29, 0.717) is 10.9 Å². The Morgan fingerprint density at radius 1 is 1.56 bits per heavy atom. The number of hydrogen-bond acceptors (Lipinski definition) is 2. The van der Waals surface area contributed by atoms with E-state index >= 15 is 0 Å². The van der Waals surface area contributed by atoms with Crippen molar-refractivity contribution in [1.29, 1.82) is 5.26 Å². The predicted molar refractivity (Wildman–Crippen MR) is 69.6 cm³/mol. The second kappa shape index (κ2) is 4.42. The first-order valence-corrected chi connectivity index (χ1v) is 5.88. The maximum absolute atomic E-state index is 8.93. The van der Waals surface area contributed by atoms with E-state index < -0.39 is 0 Å². The zero-order chi connectivity index (χ0) is 11.5. The van der Waals surface area contributed by atoms with Gasteiger partial charge in [-0.25, -0.2) is 0 Å². The average Bonchev–Trinajstić information content (AvgIpc) is 2.76. The van der Waals surface area contributed by atoms with Crippen LogP contribution < -0.4 is 5.32 Å². The Balaban J connectivity index is 2.53. The molecule has 0 amide bonds. The van der Waals surface area contributed by atoms with Crippen LogP contribution in [0.3, 0.4) is 0 Å². The summed E-state index contributed by atoms with van der Waals surface area (Å²) in [6.45, 7) is 3.86. The maximum atomic E-state index is 8.93. The number of aromatic nitrogens is 1. The molecule has 0 fully saturated rings. The number of hydrogen-bond donors (Lipinski definition) is 2. The first-order valence-electron chi connectivity index (χ1n) is 4.76. The lowest BCUT2D eigenvalue weighted by Crippen LogP contribution is -1.99. The zero-order valence-electron chi connectivity index (χ0n) is 8.55. The molecule has 1 heterocycles. The lowest BCUT2D eigenvalue weighted by Gasteiger charge is -2.08. The summed E-state index contributed by atoms with van der Waals surface area (Å²) in [4.78, 5) is 3.14. The van der Waals surface area contributed by atoms with E-state index in [1.165, 1.54) is 0 Å². The van der Waals surface area contributed by atoms with Crippen molar-refractivity contribution in [3.05, 3.63) is 42.2 Å². The summed E-state index contributed by atoms with van der Waals surface area (Å²) in [5.74, 6) is 0. The fourth-order valence-corrected chi connectivity index (χ4v) is 1.70. The standard InChI is InChI=1S/C12H10BrN3/c1-8(6-13)16-11-5-9(7-14)4-10-2-3-15-12(10)11/h2-5,15-16H,1,6H2. The van der Waals surface area contributed by atoms with Gasteiger partial charge in [0.2, 0.25) is 0 Å². The lowest BCUT2D eigenvalue weighted by molar-refractivity contribution is 1.40. The molecular formula is C12H10BrN3. The van der Waals surface area contributed by atoms with Crippen LogP contribution in [0, 0.1) is 11.3 Å². The quantitative estimate of drug-likeness (QED) is 0.844. The number of aromatic amines is 1. The van der Waals surface area contributed by atoms with E-state index in [0.717, 1.165) is 22.3 Å². The molecule has 0 unspecified atom stereocenters. The summed E-state index contributed by atoms with van der Waals surface area (Å²) in [6.07, 6.45) is 1.86. The number of allylic oxidation sites excluding steroid dienone is 1. The van der Waals surface area contributed by atoms with Gasteiger partial charge in [0.05, 0.1) is 22.8 Å². The third-order valence-electron chi connectivity index (χ3n) is 2.26. The van der Waals surface area contributed by atoms with Crippen molar-refractivity contribution in [2.75, 3.05) is 10.6 Å². The van der Waals surface area contributed by atoms with Crippen LogP contribution >= 0.6 is 15.9 Å². The Hall–Kier alpha value is -1.73. The Bertz CT molecular complexity index is 577. The maximum Gasteiger partial charge on any atom is 0.0992 e. The molecule has 0 radical (unpaired) electrons. The number of fused-ring (bicyclic) bond motifs is 1. The molecule has 0 aliphatic heterocycles. The molecule has 4 heteroatoms. The number of H-pyrrole nitrogens is 1. The normalized spacial score (nSPS) is 10.0. The van der Waals surface area contributed by atoms with E-state index in [-0.39, 0.29) is 0 Å². The van der Waals surface area contributed by atoms with Crippen molar-refractivity contribution in [3.63, 3.8) is 0 Å². The molecule has 2 aromatic rings. The number of rotatable bonds is 3. The lowest BCUT2D eigenvalue weighted by atomic mass is 10.1. The molecule has 2 rings (SSSR count). The van der Waals surface area contributed by atoms with Gasteiger partial charge >= 0.3 is 0 Å². The molecule has 1 aromatic carbocycles. The van der Waals surface area contributed by atoms with Crippen LogP contribution in [0.1, 0.15) is 5.56 Å². The van der Waals surface area contributed by atoms with Crippen molar-refractivity contribution in [3.8, 4) is 6.07 Å². The summed E-state index contributed by atoms with van der Waals surface area (Å²) >= 11 is 3.33. The Morgan fingerprint density at radius 2 is 2.38 bits per heavy atom. The van der Waals surface area contributed by atoms with Crippen LogP contribution in [-0.4, -0.2) is 10.3 Å². The van der Waals surface area contributed by atoms with E-state index in [1.54, 1.807) is 0 Å². The van der Waals surface area contributed by atoms with Crippen molar-refractivity contribution < 1.29 is 0 Å². The van der Waals surface area contributed by atoms with Gasteiger partial charge in [-0.2, -0.15) is 5.26 Å². The Labute approximate surface area is 102 Å². The monoisotopic (exact) mass is 275 g/mol. The molecule has 80 valence electrons. The second-order valence-corrected chi connectivity index (χ2v) is 4.00. The van der Waals surface area contributed by atoms with Crippen molar-refractivity contribution in [2.24, 2.45) is 0 Å². The van der Waals surface area contributed by atoms with Crippen molar-refractivity contribution in [2.45, 2.75) is 0 Å². The number of alkyl halides is 1. The van der Waals surface area contributed by atoms with E-state index in [4.69, 9.17) is 5.26 Å². The summed E-state index contributed by atoms with van der Waals surface area (Å²) in [5, 5.41) is 13.8. The fraction of sp³-hybridized carbons (Fsp3) is 0.0833. The van der Waals surface area contributed by atoms with Gasteiger partial charge in [0.15, 0.2) is 0 Å².